The maximum absolute atomic E-state index is 12.2. The van der Waals surface area contributed by atoms with E-state index in [4.69, 9.17) is 14.2 Å². The van der Waals surface area contributed by atoms with Crippen LogP contribution in [0.15, 0.2) is 18.2 Å². The first-order valence-electron chi connectivity index (χ1n) is 9.50. The molecule has 0 bridgehead atoms. The van der Waals surface area contributed by atoms with E-state index in [1.165, 1.54) is 33.1 Å². The zero-order valence-corrected chi connectivity index (χ0v) is 17.6. The molecule has 164 valence electrons. The molecule has 1 atom stereocenters. The van der Waals surface area contributed by atoms with Crippen LogP contribution in [0.1, 0.15) is 25.3 Å². The van der Waals surface area contributed by atoms with Crippen LogP contribution < -0.4 is 14.8 Å². The van der Waals surface area contributed by atoms with Gasteiger partial charge in [-0.2, -0.15) is 0 Å². The summed E-state index contributed by atoms with van der Waals surface area (Å²) in [7, 11) is 4.60. The predicted molar refractivity (Wildman–Crippen MR) is 106 cm³/mol. The summed E-state index contributed by atoms with van der Waals surface area (Å²) >= 11 is 0. The Balaban J connectivity index is 1.74. The molecule has 0 saturated carbocycles. The van der Waals surface area contributed by atoms with Crippen molar-refractivity contribution in [2.45, 2.75) is 32.4 Å². The van der Waals surface area contributed by atoms with Gasteiger partial charge in [0.05, 0.1) is 14.2 Å². The SMILES string of the molecule is COc1ccc(CNC(=O)[C@H](C)OC(=O)CCCN2C(=O)CN(C)C2=O)cc1OC. The Bertz CT molecular complexity index is 812. The average Bonchev–Trinajstić information content (AvgIpc) is 2.97. The average molecular weight is 421 g/mol. The van der Waals surface area contributed by atoms with Gasteiger partial charge in [0, 0.05) is 26.6 Å². The fourth-order valence-electron chi connectivity index (χ4n) is 2.90. The predicted octanol–water partition coefficient (Wildman–Crippen LogP) is 0.926. The van der Waals surface area contributed by atoms with Gasteiger partial charge < -0.3 is 24.4 Å². The minimum atomic E-state index is -0.973. The Kier molecular flexibility index (Phi) is 8.02. The number of amides is 4. The van der Waals surface area contributed by atoms with Crippen LogP contribution in [-0.4, -0.2) is 74.1 Å². The largest absolute Gasteiger partial charge is 0.493 e. The van der Waals surface area contributed by atoms with Crippen molar-refractivity contribution in [2.24, 2.45) is 0 Å². The summed E-state index contributed by atoms with van der Waals surface area (Å²) in [5.41, 5.74) is 0.796. The van der Waals surface area contributed by atoms with E-state index >= 15 is 0 Å². The van der Waals surface area contributed by atoms with E-state index in [-0.39, 0.29) is 44.4 Å². The highest BCUT2D eigenvalue weighted by Crippen LogP contribution is 2.27. The zero-order chi connectivity index (χ0) is 22.3. The molecule has 1 saturated heterocycles. The van der Waals surface area contributed by atoms with Gasteiger partial charge in [0.25, 0.3) is 5.91 Å². The second-order valence-corrected chi connectivity index (χ2v) is 6.83. The number of benzene rings is 1. The first-order valence-corrected chi connectivity index (χ1v) is 9.50. The molecule has 10 heteroatoms. The number of urea groups is 1. The number of hydrogen-bond acceptors (Lipinski definition) is 7. The van der Waals surface area contributed by atoms with E-state index in [2.05, 4.69) is 5.32 Å². The topological polar surface area (TPSA) is 114 Å². The molecule has 30 heavy (non-hydrogen) atoms. The lowest BCUT2D eigenvalue weighted by Crippen LogP contribution is -2.36. The van der Waals surface area contributed by atoms with Crippen LogP contribution >= 0.6 is 0 Å². The highest BCUT2D eigenvalue weighted by Gasteiger charge is 2.33. The lowest BCUT2D eigenvalue weighted by Gasteiger charge is -2.16. The summed E-state index contributed by atoms with van der Waals surface area (Å²) in [4.78, 5) is 50.0. The molecule has 1 aliphatic heterocycles. The second kappa shape index (κ2) is 10.5. The first kappa shape index (κ1) is 23.0. The van der Waals surface area contributed by atoms with Crippen LogP contribution in [0.3, 0.4) is 0 Å². The molecule has 2 rings (SSSR count). The normalized spacial score (nSPS) is 14.5. The van der Waals surface area contributed by atoms with E-state index in [1.807, 2.05) is 0 Å². The highest BCUT2D eigenvalue weighted by molar-refractivity contribution is 6.01. The van der Waals surface area contributed by atoms with Gasteiger partial charge in [0.1, 0.15) is 6.54 Å². The molecule has 4 amide bonds. The summed E-state index contributed by atoms with van der Waals surface area (Å²) < 4.78 is 15.5. The number of esters is 1. The Labute approximate surface area is 175 Å². The maximum atomic E-state index is 12.2. The Morgan fingerprint density at radius 1 is 1.17 bits per heavy atom. The number of nitrogens with zero attached hydrogens (tertiary/aromatic N) is 2. The number of methoxy groups -OCH3 is 2. The van der Waals surface area contributed by atoms with E-state index < -0.39 is 18.0 Å². The third-order valence-electron chi connectivity index (χ3n) is 4.59. The summed E-state index contributed by atoms with van der Waals surface area (Å²) in [6.07, 6.45) is -0.711. The molecule has 0 aromatic heterocycles. The molecule has 1 N–H and O–H groups in total. The van der Waals surface area contributed by atoms with Gasteiger partial charge in [-0.15, -0.1) is 0 Å². The van der Waals surface area contributed by atoms with Gasteiger partial charge in [-0.1, -0.05) is 6.07 Å². The van der Waals surface area contributed by atoms with Crippen LogP contribution in [-0.2, 0) is 25.7 Å². The van der Waals surface area contributed by atoms with Gasteiger partial charge in [-0.05, 0) is 31.0 Å². The number of ether oxygens (including phenoxy) is 3. The van der Waals surface area contributed by atoms with Gasteiger partial charge in [-0.25, -0.2) is 4.79 Å². The van der Waals surface area contributed by atoms with Crippen molar-refractivity contribution in [1.82, 2.24) is 15.1 Å². The zero-order valence-electron chi connectivity index (χ0n) is 17.6. The van der Waals surface area contributed by atoms with Crippen LogP contribution in [0.4, 0.5) is 4.79 Å². The first-order chi connectivity index (χ1) is 14.3. The Hall–Kier alpha value is -3.30. The van der Waals surface area contributed by atoms with Crippen molar-refractivity contribution in [1.29, 1.82) is 0 Å². The third kappa shape index (κ3) is 5.85. The van der Waals surface area contributed by atoms with E-state index in [1.54, 1.807) is 18.2 Å². The number of nitrogens with one attached hydrogen (secondary N) is 1. The monoisotopic (exact) mass is 421 g/mol. The molecule has 1 heterocycles. The summed E-state index contributed by atoms with van der Waals surface area (Å²) in [5.74, 6) is -0.177. The fraction of sp³-hybridized carbons (Fsp3) is 0.500. The fourth-order valence-corrected chi connectivity index (χ4v) is 2.90. The van der Waals surface area contributed by atoms with Gasteiger partial charge in [0.15, 0.2) is 17.6 Å². The lowest BCUT2D eigenvalue weighted by atomic mass is 10.2. The molecular formula is C20H27N3O7. The Morgan fingerprint density at radius 3 is 2.47 bits per heavy atom. The van der Waals surface area contributed by atoms with Crippen LogP contribution in [0.2, 0.25) is 0 Å². The van der Waals surface area contributed by atoms with Gasteiger partial charge >= 0.3 is 12.0 Å². The molecule has 0 radical (unpaired) electrons. The van der Waals surface area contributed by atoms with Crippen molar-refractivity contribution in [3.8, 4) is 11.5 Å². The van der Waals surface area contributed by atoms with Crippen LogP contribution in [0.25, 0.3) is 0 Å². The number of rotatable bonds is 10. The van der Waals surface area contributed by atoms with Crippen molar-refractivity contribution in [3.05, 3.63) is 23.8 Å². The molecule has 10 nitrogen and oxygen atoms in total. The molecule has 1 aromatic carbocycles. The molecule has 0 spiro atoms. The van der Waals surface area contributed by atoms with Gasteiger partial charge in [0.2, 0.25) is 5.91 Å². The van der Waals surface area contributed by atoms with Crippen molar-refractivity contribution in [2.75, 3.05) is 34.4 Å². The van der Waals surface area contributed by atoms with E-state index in [0.29, 0.717) is 11.5 Å². The summed E-state index contributed by atoms with van der Waals surface area (Å²) in [6.45, 7) is 1.88. The van der Waals surface area contributed by atoms with Crippen molar-refractivity contribution < 1.29 is 33.4 Å². The van der Waals surface area contributed by atoms with Crippen LogP contribution in [0.5, 0.6) is 11.5 Å². The Morgan fingerprint density at radius 2 is 1.87 bits per heavy atom. The molecule has 0 aliphatic carbocycles. The number of imide groups is 1. The molecule has 1 aliphatic rings. The second-order valence-electron chi connectivity index (χ2n) is 6.83. The molecule has 1 fully saturated rings. The number of carbonyl (C=O) groups is 4. The number of hydrogen-bond donors (Lipinski definition) is 1. The maximum Gasteiger partial charge on any atom is 0.326 e. The van der Waals surface area contributed by atoms with Gasteiger partial charge in [-0.3, -0.25) is 19.3 Å². The smallest absolute Gasteiger partial charge is 0.326 e. The van der Waals surface area contributed by atoms with Crippen molar-refractivity contribution in [3.63, 3.8) is 0 Å². The third-order valence-corrected chi connectivity index (χ3v) is 4.59. The summed E-state index contributed by atoms with van der Waals surface area (Å²) in [5, 5.41) is 2.69. The standard InChI is InChI=1S/C20H27N3O7/c1-13(19(26)21-11-14-7-8-15(28-3)16(10-14)29-4)30-18(25)6-5-9-23-17(24)12-22(2)20(23)27/h7-8,10,13H,5-6,9,11-12H2,1-4H3,(H,21,26)/t13-/m0/s1. The minimum absolute atomic E-state index is 0.00588. The lowest BCUT2D eigenvalue weighted by molar-refractivity contribution is -0.155. The van der Waals surface area contributed by atoms with E-state index in [0.717, 1.165) is 10.5 Å². The van der Waals surface area contributed by atoms with Crippen LogP contribution in [0, 0.1) is 0 Å². The quantitative estimate of drug-likeness (QED) is 0.441. The highest BCUT2D eigenvalue weighted by atomic mass is 16.5. The number of likely N-dealkylation sites (N-methyl/N-ethyl adjacent to an activating group) is 1. The molecule has 0 unspecified atom stereocenters. The van der Waals surface area contributed by atoms with E-state index in [9.17, 15) is 19.2 Å². The molecular weight excluding hydrogens is 394 g/mol. The minimum Gasteiger partial charge on any atom is -0.493 e. The molecule has 1 aromatic rings. The number of carbonyl (C=O) groups excluding carboxylic acids is 4. The van der Waals surface area contributed by atoms with Crippen molar-refractivity contribution >= 4 is 23.8 Å². The summed E-state index contributed by atoms with van der Waals surface area (Å²) in [6, 6.07) is 4.89.